The Bertz CT molecular complexity index is 754. The first kappa shape index (κ1) is 20.6. The molecule has 0 radical (unpaired) electrons. The molecule has 1 aromatic carbocycles. The van der Waals surface area contributed by atoms with Crippen molar-refractivity contribution in [1.82, 2.24) is 10.4 Å². The van der Waals surface area contributed by atoms with Gasteiger partial charge in [-0.25, -0.2) is 4.79 Å². The van der Waals surface area contributed by atoms with E-state index in [-0.39, 0.29) is 11.5 Å². The second kappa shape index (κ2) is 7.39. The third kappa shape index (κ3) is 5.04. The van der Waals surface area contributed by atoms with Crippen LogP contribution in [0.4, 0.5) is 13.2 Å². The highest BCUT2D eigenvalue weighted by Gasteiger charge is 2.45. The molecule has 2 unspecified atom stereocenters. The van der Waals surface area contributed by atoms with Gasteiger partial charge >= 0.3 is 12.1 Å². The number of alkyl halides is 3. The van der Waals surface area contributed by atoms with Crippen LogP contribution in [0.5, 0.6) is 0 Å². The molecule has 0 bridgehead atoms. The van der Waals surface area contributed by atoms with Crippen LogP contribution in [0.3, 0.4) is 0 Å². The monoisotopic (exact) mass is 398 g/mol. The summed E-state index contributed by atoms with van der Waals surface area (Å²) >= 11 is 0. The molecule has 0 spiro atoms. The third-order valence-corrected chi connectivity index (χ3v) is 4.92. The number of halogens is 3. The summed E-state index contributed by atoms with van der Waals surface area (Å²) in [5.74, 6) is -2.14. The molecule has 2 atom stereocenters. The predicted octanol–water partition coefficient (Wildman–Crippen LogP) is 3.80. The minimum atomic E-state index is -5.18. The minimum absolute atomic E-state index is 0.190. The molecule has 0 aliphatic heterocycles. The van der Waals surface area contributed by atoms with E-state index in [0.29, 0.717) is 11.1 Å². The van der Waals surface area contributed by atoms with E-state index in [1.54, 1.807) is 12.1 Å². The van der Waals surface area contributed by atoms with Crippen molar-refractivity contribution in [3.8, 4) is 0 Å². The molecule has 2 saturated carbocycles. The first-order valence-electron chi connectivity index (χ1n) is 9.44. The molecule has 2 aliphatic carbocycles. The molecule has 2 fully saturated rings. The van der Waals surface area contributed by atoms with Gasteiger partial charge in [-0.2, -0.15) is 18.2 Å². The normalized spacial score (nSPS) is 21.9. The number of nitrogens with one attached hydrogen (secondary N) is 1. The molecule has 8 heteroatoms. The maximum absolute atomic E-state index is 12.8. The summed E-state index contributed by atoms with van der Waals surface area (Å²) in [6.45, 7) is 5.50. The van der Waals surface area contributed by atoms with Crippen LogP contribution in [0, 0.1) is 5.92 Å². The zero-order chi connectivity index (χ0) is 20.7. The van der Waals surface area contributed by atoms with Gasteiger partial charge in [0.1, 0.15) is 0 Å². The SMILES string of the molecule is CC(C)(C)N(OC(=O)C(F)(F)F)C(=O)c1cccc(C2CC2NCC2CC2)c1. The van der Waals surface area contributed by atoms with Gasteiger partial charge in [0.15, 0.2) is 0 Å². The van der Waals surface area contributed by atoms with Gasteiger partial charge in [0.05, 0.1) is 5.54 Å². The molecule has 0 saturated heterocycles. The van der Waals surface area contributed by atoms with Crippen molar-refractivity contribution in [3.05, 3.63) is 35.4 Å². The summed E-state index contributed by atoms with van der Waals surface area (Å²) in [5.41, 5.74) is 0.00692. The fourth-order valence-electron chi connectivity index (χ4n) is 3.07. The van der Waals surface area contributed by atoms with Crippen LogP contribution in [0.1, 0.15) is 61.9 Å². The number of carbonyl (C=O) groups is 2. The van der Waals surface area contributed by atoms with Crippen molar-refractivity contribution < 1.29 is 27.6 Å². The van der Waals surface area contributed by atoms with Gasteiger partial charge in [0.2, 0.25) is 0 Å². The Hall–Kier alpha value is -2.09. The lowest BCUT2D eigenvalue weighted by Crippen LogP contribution is -2.48. The smallest absolute Gasteiger partial charge is 0.329 e. The molecule has 1 amide bonds. The maximum atomic E-state index is 12.8. The minimum Gasteiger partial charge on any atom is -0.329 e. The summed E-state index contributed by atoms with van der Waals surface area (Å²) in [6, 6.07) is 7.16. The first-order valence-corrected chi connectivity index (χ1v) is 9.44. The van der Waals surface area contributed by atoms with Crippen molar-refractivity contribution in [2.24, 2.45) is 5.92 Å². The average molecular weight is 398 g/mol. The van der Waals surface area contributed by atoms with Crippen LogP contribution in [0.15, 0.2) is 24.3 Å². The number of rotatable bonds is 5. The van der Waals surface area contributed by atoms with Gasteiger partial charge in [-0.1, -0.05) is 12.1 Å². The lowest BCUT2D eigenvalue weighted by Gasteiger charge is -2.33. The standard InChI is InChI=1S/C20H25F3N2O3/c1-19(2,3)25(28-18(27)20(21,22)23)17(26)14-6-4-5-13(9-14)15-10-16(15)24-11-12-7-8-12/h4-6,9,12,15-16,24H,7-8,10-11H2,1-3H3. The molecule has 1 N–H and O–H groups in total. The molecule has 0 heterocycles. The number of benzene rings is 1. The number of hydrogen-bond acceptors (Lipinski definition) is 4. The predicted molar refractivity (Wildman–Crippen MR) is 96.4 cm³/mol. The highest BCUT2D eigenvalue weighted by atomic mass is 19.4. The van der Waals surface area contributed by atoms with Gasteiger partial charge in [-0.15, -0.1) is 0 Å². The van der Waals surface area contributed by atoms with E-state index in [4.69, 9.17) is 0 Å². The third-order valence-electron chi connectivity index (χ3n) is 4.92. The van der Waals surface area contributed by atoms with Gasteiger partial charge < -0.3 is 10.2 Å². The van der Waals surface area contributed by atoms with Crippen LogP contribution in [-0.2, 0) is 9.63 Å². The number of nitrogens with zero attached hydrogens (tertiary/aromatic N) is 1. The summed E-state index contributed by atoms with van der Waals surface area (Å²) in [4.78, 5) is 28.5. The molecule has 0 aromatic heterocycles. The van der Waals surface area contributed by atoms with E-state index in [1.807, 2.05) is 6.07 Å². The Balaban J connectivity index is 1.71. The summed E-state index contributed by atoms with van der Waals surface area (Å²) in [6.07, 6.45) is -1.67. The Morgan fingerprint density at radius 2 is 1.89 bits per heavy atom. The molecular weight excluding hydrogens is 373 g/mol. The summed E-state index contributed by atoms with van der Waals surface area (Å²) < 4.78 is 37.8. The van der Waals surface area contributed by atoms with Crippen molar-refractivity contribution in [2.45, 2.75) is 63.7 Å². The summed E-state index contributed by atoms with van der Waals surface area (Å²) in [7, 11) is 0. The van der Waals surface area contributed by atoms with Crippen LogP contribution in [0.2, 0.25) is 0 Å². The van der Waals surface area contributed by atoms with Crippen molar-refractivity contribution in [1.29, 1.82) is 0 Å². The Morgan fingerprint density at radius 3 is 2.46 bits per heavy atom. The first-order chi connectivity index (χ1) is 13.0. The van der Waals surface area contributed by atoms with E-state index in [9.17, 15) is 22.8 Å². The molecule has 28 heavy (non-hydrogen) atoms. The van der Waals surface area contributed by atoms with Crippen LogP contribution >= 0.6 is 0 Å². The van der Waals surface area contributed by atoms with E-state index in [0.717, 1.165) is 24.4 Å². The van der Waals surface area contributed by atoms with Crippen molar-refractivity contribution in [3.63, 3.8) is 0 Å². The lowest BCUT2D eigenvalue weighted by atomic mass is 10.0. The van der Waals surface area contributed by atoms with Crippen molar-refractivity contribution in [2.75, 3.05) is 6.54 Å². The van der Waals surface area contributed by atoms with E-state index >= 15 is 0 Å². The van der Waals surface area contributed by atoms with Crippen LogP contribution in [-0.4, -0.2) is 41.2 Å². The molecular formula is C20H25F3N2O3. The zero-order valence-electron chi connectivity index (χ0n) is 16.2. The second-order valence-electron chi connectivity index (χ2n) is 8.57. The summed E-state index contributed by atoms with van der Waals surface area (Å²) in [5, 5.41) is 4.01. The Kier molecular flexibility index (Phi) is 5.44. The fraction of sp³-hybridized carbons (Fsp3) is 0.600. The van der Waals surface area contributed by atoms with E-state index < -0.39 is 23.6 Å². The zero-order valence-corrected chi connectivity index (χ0v) is 16.2. The molecule has 5 nitrogen and oxygen atoms in total. The maximum Gasteiger partial charge on any atom is 0.493 e. The number of hydrogen-bond donors (Lipinski definition) is 1. The van der Waals surface area contributed by atoms with Crippen LogP contribution in [0.25, 0.3) is 0 Å². The Labute approximate surface area is 162 Å². The van der Waals surface area contributed by atoms with Crippen LogP contribution < -0.4 is 5.32 Å². The van der Waals surface area contributed by atoms with E-state index in [2.05, 4.69) is 10.2 Å². The average Bonchev–Trinajstić information content (AvgIpc) is 3.49. The molecule has 154 valence electrons. The van der Waals surface area contributed by atoms with Gasteiger partial charge in [-0.3, -0.25) is 4.79 Å². The number of hydroxylamine groups is 2. The molecule has 3 rings (SSSR count). The van der Waals surface area contributed by atoms with Gasteiger partial charge in [0.25, 0.3) is 5.91 Å². The number of amides is 1. The largest absolute Gasteiger partial charge is 0.493 e. The number of carbonyl (C=O) groups excluding carboxylic acids is 2. The highest BCUT2D eigenvalue weighted by Crippen LogP contribution is 2.42. The highest BCUT2D eigenvalue weighted by molar-refractivity contribution is 5.95. The molecule has 1 aromatic rings. The Morgan fingerprint density at radius 1 is 1.21 bits per heavy atom. The van der Waals surface area contributed by atoms with Gasteiger partial charge in [0, 0.05) is 17.5 Å². The second-order valence-corrected chi connectivity index (χ2v) is 8.57. The topological polar surface area (TPSA) is 58.6 Å². The molecule has 2 aliphatic rings. The quantitative estimate of drug-likeness (QED) is 0.767. The van der Waals surface area contributed by atoms with E-state index in [1.165, 1.54) is 39.7 Å². The van der Waals surface area contributed by atoms with Gasteiger partial charge in [-0.05, 0) is 70.2 Å². The fourth-order valence-corrected chi connectivity index (χ4v) is 3.07. The van der Waals surface area contributed by atoms with Crippen molar-refractivity contribution >= 4 is 11.9 Å². The lowest BCUT2D eigenvalue weighted by molar-refractivity contribution is -0.240.